The molecular weight excluding hydrogens is 499 g/mol. The number of alkyl halides is 3. The van der Waals surface area contributed by atoms with Gasteiger partial charge in [-0.1, -0.05) is 40.9 Å². The molecule has 0 radical (unpaired) electrons. The summed E-state index contributed by atoms with van der Waals surface area (Å²) in [6.07, 6.45) is -5.92. The lowest BCUT2D eigenvalue weighted by atomic mass is 9.95. The smallest absolute Gasteiger partial charge is 0.425 e. The van der Waals surface area contributed by atoms with E-state index in [4.69, 9.17) is 39.9 Å². The van der Waals surface area contributed by atoms with Crippen LogP contribution in [0.15, 0.2) is 36.4 Å². The molecule has 0 spiro atoms. The highest BCUT2D eigenvalue weighted by Gasteiger charge is 2.40. The first-order chi connectivity index (χ1) is 14.7. The predicted octanol–water partition coefficient (Wildman–Crippen LogP) is 6.87. The van der Waals surface area contributed by atoms with E-state index in [-0.39, 0.29) is 31.8 Å². The summed E-state index contributed by atoms with van der Waals surface area (Å²) in [6.45, 7) is 1.42. The van der Waals surface area contributed by atoms with Crippen LogP contribution in [0.3, 0.4) is 0 Å². The second kappa shape index (κ2) is 9.97. The molecule has 1 unspecified atom stereocenters. The van der Waals surface area contributed by atoms with Crippen LogP contribution in [0.5, 0.6) is 0 Å². The molecule has 2 aromatic carbocycles. The van der Waals surface area contributed by atoms with Crippen molar-refractivity contribution >= 4 is 52.6 Å². The molecular formula is C20H15Cl3F4N2O3. The SMILES string of the molecule is Cc1cc(/C(F)=C/C(c2cc(Cl)c(Cl)c(Cl)c2)C(F)(F)F)ccc1C(=O)NN(C)C(=O)O. The minimum absolute atomic E-state index is 0.0123. The third kappa shape index (κ3) is 6.05. The zero-order valence-corrected chi connectivity index (χ0v) is 18.7. The van der Waals surface area contributed by atoms with Crippen LogP contribution in [0.4, 0.5) is 22.4 Å². The van der Waals surface area contributed by atoms with Crippen molar-refractivity contribution in [2.75, 3.05) is 7.05 Å². The number of carboxylic acid groups (broad SMARTS) is 1. The summed E-state index contributed by atoms with van der Waals surface area (Å²) < 4.78 is 55.7. The van der Waals surface area contributed by atoms with Gasteiger partial charge in [-0.25, -0.2) is 14.2 Å². The number of allylic oxidation sites excluding steroid dienone is 1. The zero-order chi connectivity index (χ0) is 24.4. The number of amides is 2. The Kier molecular flexibility index (Phi) is 8.03. The Bertz CT molecular complexity index is 1070. The first-order valence-electron chi connectivity index (χ1n) is 8.69. The zero-order valence-electron chi connectivity index (χ0n) is 16.4. The number of nitrogens with one attached hydrogen (secondary N) is 1. The van der Waals surface area contributed by atoms with Crippen LogP contribution in [-0.2, 0) is 0 Å². The lowest BCUT2D eigenvalue weighted by Gasteiger charge is -2.19. The van der Waals surface area contributed by atoms with Crippen LogP contribution < -0.4 is 5.43 Å². The maximum atomic E-state index is 14.8. The maximum absolute atomic E-state index is 14.8. The van der Waals surface area contributed by atoms with Crippen molar-refractivity contribution < 1.29 is 32.3 Å². The summed E-state index contributed by atoms with van der Waals surface area (Å²) in [5.41, 5.74) is 1.68. The first-order valence-corrected chi connectivity index (χ1v) is 9.83. The minimum Gasteiger partial charge on any atom is -0.464 e. The Balaban J connectivity index is 2.42. The molecule has 2 aromatic rings. The van der Waals surface area contributed by atoms with Crippen molar-refractivity contribution in [3.05, 3.63) is 73.7 Å². The van der Waals surface area contributed by atoms with Crippen molar-refractivity contribution in [2.45, 2.75) is 19.0 Å². The fraction of sp³-hybridized carbons (Fsp3) is 0.200. The van der Waals surface area contributed by atoms with Crippen molar-refractivity contribution in [3.8, 4) is 0 Å². The van der Waals surface area contributed by atoms with E-state index in [1.54, 1.807) is 0 Å². The molecule has 0 bridgehead atoms. The number of hydrogen-bond donors (Lipinski definition) is 2. The Labute approximate surface area is 195 Å². The first kappa shape index (κ1) is 25.8. The molecule has 2 amide bonds. The summed E-state index contributed by atoms with van der Waals surface area (Å²) >= 11 is 17.4. The quantitative estimate of drug-likeness (QED) is 0.266. The van der Waals surface area contributed by atoms with Crippen molar-refractivity contribution in [1.29, 1.82) is 0 Å². The Morgan fingerprint density at radius 3 is 2.16 bits per heavy atom. The summed E-state index contributed by atoms with van der Waals surface area (Å²) in [4.78, 5) is 22.9. The van der Waals surface area contributed by atoms with Gasteiger partial charge in [0.15, 0.2) is 0 Å². The van der Waals surface area contributed by atoms with Crippen molar-refractivity contribution in [1.82, 2.24) is 10.4 Å². The molecule has 0 heterocycles. The van der Waals surface area contributed by atoms with Gasteiger partial charge in [0, 0.05) is 18.2 Å². The van der Waals surface area contributed by atoms with Crippen LogP contribution in [0.2, 0.25) is 15.1 Å². The molecule has 0 aliphatic rings. The van der Waals surface area contributed by atoms with Gasteiger partial charge in [-0.15, -0.1) is 0 Å². The molecule has 2 rings (SSSR count). The number of hydrazine groups is 1. The van der Waals surface area contributed by atoms with E-state index in [1.165, 1.54) is 13.0 Å². The Morgan fingerprint density at radius 1 is 1.12 bits per heavy atom. The van der Waals surface area contributed by atoms with Crippen LogP contribution >= 0.6 is 34.8 Å². The van der Waals surface area contributed by atoms with Gasteiger partial charge >= 0.3 is 12.3 Å². The molecule has 32 heavy (non-hydrogen) atoms. The van der Waals surface area contributed by atoms with Crippen LogP contribution in [-0.4, -0.2) is 35.3 Å². The van der Waals surface area contributed by atoms with Gasteiger partial charge in [0.05, 0.1) is 15.1 Å². The van der Waals surface area contributed by atoms with Gasteiger partial charge in [-0.05, 0) is 48.4 Å². The molecule has 0 aliphatic carbocycles. The van der Waals surface area contributed by atoms with E-state index >= 15 is 0 Å². The highest BCUT2D eigenvalue weighted by molar-refractivity contribution is 6.48. The third-order valence-corrected chi connectivity index (χ3v) is 5.53. The Hall–Kier alpha value is -2.49. The number of carbonyl (C=O) groups is 2. The van der Waals surface area contributed by atoms with E-state index in [0.717, 1.165) is 31.3 Å². The number of carbonyl (C=O) groups excluding carboxylic acids is 1. The standard InChI is InChI=1S/C20H15Cl3F4N2O3/c1-9-5-10(3-4-12(9)18(30)28-29(2)19(31)32)16(24)8-13(20(25,26)27)11-6-14(21)17(23)15(22)7-11/h3-8,13H,1-2H3,(H,28,30)(H,31,32)/b16-8-. The highest BCUT2D eigenvalue weighted by Crippen LogP contribution is 2.42. The highest BCUT2D eigenvalue weighted by atomic mass is 35.5. The van der Waals surface area contributed by atoms with E-state index in [9.17, 15) is 27.2 Å². The van der Waals surface area contributed by atoms with Gasteiger partial charge in [0.1, 0.15) is 11.7 Å². The predicted molar refractivity (Wildman–Crippen MR) is 114 cm³/mol. The van der Waals surface area contributed by atoms with Gasteiger partial charge in [0.25, 0.3) is 5.91 Å². The Morgan fingerprint density at radius 2 is 1.69 bits per heavy atom. The number of nitrogens with zero attached hydrogens (tertiary/aromatic N) is 1. The lowest BCUT2D eigenvalue weighted by molar-refractivity contribution is -0.139. The fourth-order valence-electron chi connectivity index (χ4n) is 2.70. The molecule has 0 saturated carbocycles. The number of aryl methyl sites for hydroxylation is 1. The second-order valence-corrected chi connectivity index (χ2v) is 7.84. The average molecular weight is 514 g/mol. The van der Waals surface area contributed by atoms with Gasteiger partial charge < -0.3 is 5.11 Å². The van der Waals surface area contributed by atoms with Crippen LogP contribution in [0.25, 0.3) is 5.83 Å². The lowest BCUT2D eigenvalue weighted by Crippen LogP contribution is -2.42. The second-order valence-electron chi connectivity index (χ2n) is 6.64. The molecule has 1 atom stereocenters. The normalized spacial score (nSPS) is 13.0. The number of rotatable bonds is 4. The number of benzene rings is 2. The molecule has 0 fully saturated rings. The van der Waals surface area contributed by atoms with Crippen LogP contribution in [0, 0.1) is 6.92 Å². The topological polar surface area (TPSA) is 69.6 Å². The fourth-order valence-corrected chi connectivity index (χ4v) is 3.32. The summed E-state index contributed by atoms with van der Waals surface area (Å²) in [7, 11) is 1.10. The largest absolute Gasteiger partial charge is 0.464 e. The van der Waals surface area contributed by atoms with E-state index in [2.05, 4.69) is 5.43 Å². The summed E-state index contributed by atoms with van der Waals surface area (Å²) in [5, 5.41) is 8.76. The van der Waals surface area contributed by atoms with Crippen molar-refractivity contribution in [2.24, 2.45) is 0 Å². The van der Waals surface area contributed by atoms with Gasteiger partial charge in [-0.2, -0.15) is 13.2 Å². The molecule has 0 saturated heterocycles. The van der Waals surface area contributed by atoms with Gasteiger partial charge in [-0.3, -0.25) is 10.2 Å². The van der Waals surface area contributed by atoms with E-state index in [0.29, 0.717) is 11.1 Å². The maximum Gasteiger partial charge on any atom is 0.425 e. The molecule has 12 heteroatoms. The van der Waals surface area contributed by atoms with Crippen molar-refractivity contribution in [3.63, 3.8) is 0 Å². The summed E-state index contributed by atoms with van der Waals surface area (Å²) in [5.74, 6) is -4.36. The summed E-state index contributed by atoms with van der Waals surface area (Å²) in [6, 6.07) is 5.34. The van der Waals surface area contributed by atoms with E-state index in [1.807, 2.05) is 0 Å². The molecule has 172 valence electrons. The minimum atomic E-state index is -4.87. The molecule has 2 N–H and O–H groups in total. The average Bonchev–Trinajstić information content (AvgIpc) is 2.68. The third-order valence-electron chi connectivity index (χ3n) is 4.33. The van der Waals surface area contributed by atoms with Gasteiger partial charge in [0.2, 0.25) is 0 Å². The van der Waals surface area contributed by atoms with E-state index < -0.39 is 35.5 Å². The molecule has 0 aromatic heterocycles. The molecule has 5 nitrogen and oxygen atoms in total. The number of hydrogen-bond acceptors (Lipinski definition) is 2. The molecule has 0 aliphatic heterocycles. The van der Waals surface area contributed by atoms with Crippen LogP contribution in [0.1, 0.15) is 33.0 Å². The monoisotopic (exact) mass is 512 g/mol. The number of halogens is 7.